The number of ether oxygens (including phenoxy) is 2. The van der Waals surface area contributed by atoms with Gasteiger partial charge in [0.05, 0.1) is 25.3 Å². The van der Waals surface area contributed by atoms with Crippen LogP contribution in [0, 0.1) is 0 Å². The maximum atomic E-state index is 10.7. The summed E-state index contributed by atoms with van der Waals surface area (Å²) >= 11 is 1.40. The van der Waals surface area contributed by atoms with Gasteiger partial charge in [-0.15, -0.1) is 11.3 Å². The van der Waals surface area contributed by atoms with Crippen LogP contribution >= 0.6 is 11.3 Å². The Balaban J connectivity index is 1.97. The van der Waals surface area contributed by atoms with Gasteiger partial charge in [0.15, 0.2) is 16.6 Å². The van der Waals surface area contributed by atoms with E-state index >= 15 is 0 Å². The van der Waals surface area contributed by atoms with Crippen LogP contribution in [-0.4, -0.2) is 29.3 Å². The number of hydrogen-bond donors (Lipinski definition) is 2. The third-order valence-corrected chi connectivity index (χ3v) is 4.24. The summed E-state index contributed by atoms with van der Waals surface area (Å²) in [5.41, 5.74) is 1.61. The topological polar surface area (TPSA) is 80.7 Å². The Hall–Kier alpha value is -2.28. The summed E-state index contributed by atoms with van der Waals surface area (Å²) in [6, 6.07) is 5.88. The van der Waals surface area contributed by atoms with Crippen molar-refractivity contribution in [2.45, 2.75) is 39.7 Å². The van der Waals surface area contributed by atoms with Crippen LogP contribution in [-0.2, 0) is 17.8 Å². The van der Waals surface area contributed by atoms with Crippen molar-refractivity contribution in [2.24, 2.45) is 0 Å². The second-order valence-electron chi connectivity index (χ2n) is 5.48. The van der Waals surface area contributed by atoms with Gasteiger partial charge in [0.1, 0.15) is 0 Å². The molecule has 0 aliphatic rings. The molecule has 7 heteroatoms. The third-order valence-electron chi connectivity index (χ3n) is 3.39. The van der Waals surface area contributed by atoms with Crippen LogP contribution in [0.3, 0.4) is 0 Å². The minimum atomic E-state index is -0.878. The van der Waals surface area contributed by atoms with Crippen LogP contribution in [0.2, 0.25) is 0 Å². The van der Waals surface area contributed by atoms with Crippen molar-refractivity contribution < 1.29 is 19.4 Å². The molecule has 0 saturated carbocycles. The average Bonchev–Trinajstić information content (AvgIpc) is 3.02. The Kier molecular flexibility index (Phi) is 7.53. The van der Waals surface area contributed by atoms with Crippen LogP contribution < -0.4 is 14.8 Å². The first kappa shape index (κ1) is 19.1. The number of rotatable bonds is 11. The smallest absolute Gasteiger partial charge is 0.309 e. The normalized spacial score (nSPS) is 10.5. The monoisotopic (exact) mass is 364 g/mol. The molecule has 136 valence electrons. The summed E-state index contributed by atoms with van der Waals surface area (Å²) in [6.45, 7) is 5.91. The highest BCUT2D eigenvalue weighted by atomic mass is 32.1. The van der Waals surface area contributed by atoms with Gasteiger partial charge in [0.2, 0.25) is 0 Å². The van der Waals surface area contributed by atoms with Crippen LogP contribution in [0.1, 0.15) is 37.9 Å². The molecule has 0 atom stereocenters. The number of aromatic nitrogens is 1. The zero-order chi connectivity index (χ0) is 18.1. The summed E-state index contributed by atoms with van der Waals surface area (Å²) in [5.74, 6) is 0.623. The molecule has 0 aliphatic heterocycles. The molecule has 1 aromatic carbocycles. The fourth-order valence-electron chi connectivity index (χ4n) is 2.18. The molecule has 0 fully saturated rings. The van der Waals surface area contributed by atoms with Crippen molar-refractivity contribution in [3.8, 4) is 11.5 Å². The molecule has 0 spiro atoms. The molecule has 25 heavy (non-hydrogen) atoms. The van der Waals surface area contributed by atoms with Gasteiger partial charge >= 0.3 is 5.97 Å². The van der Waals surface area contributed by atoms with E-state index in [2.05, 4.69) is 17.2 Å². The fraction of sp³-hybridized carbons (Fsp3) is 0.444. The first-order valence-corrected chi connectivity index (χ1v) is 9.29. The highest BCUT2D eigenvalue weighted by molar-refractivity contribution is 7.13. The molecule has 2 N–H and O–H groups in total. The Morgan fingerprint density at radius 3 is 2.84 bits per heavy atom. The van der Waals surface area contributed by atoms with Gasteiger partial charge in [-0.05, 0) is 31.0 Å². The number of nitrogens with zero attached hydrogens (tertiary/aromatic N) is 1. The van der Waals surface area contributed by atoms with Gasteiger partial charge < -0.3 is 19.9 Å². The van der Waals surface area contributed by atoms with Crippen LogP contribution in [0.25, 0.3) is 0 Å². The van der Waals surface area contributed by atoms with E-state index in [4.69, 9.17) is 14.6 Å². The van der Waals surface area contributed by atoms with Gasteiger partial charge in [-0.2, -0.15) is 0 Å². The Bertz CT molecular complexity index is 687. The van der Waals surface area contributed by atoms with E-state index in [0.717, 1.165) is 29.9 Å². The number of benzene rings is 1. The maximum absolute atomic E-state index is 10.7. The van der Waals surface area contributed by atoms with Crippen molar-refractivity contribution in [3.05, 3.63) is 34.8 Å². The van der Waals surface area contributed by atoms with Crippen LogP contribution in [0.5, 0.6) is 11.5 Å². The zero-order valence-corrected chi connectivity index (χ0v) is 15.4. The molecule has 2 aromatic rings. The quantitative estimate of drug-likeness (QED) is 0.588. The van der Waals surface area contributed by atoms with E-state index < -0.39 is 5.97 Å². The third kappa shape index (κ3) is 6.26. The molecule has 0 saturated heterocycles. The van der Waals surface area contributed by atoms with E-state index in [1.54, 1.807) is 5.38 Å². The number of aliphatic carboxylic acids is 1. The van der Waals surface area contributed by atoms with E-state index in [0.29, 0.717) is 30.6 Å². The van der Waals surface area contributed by atoms with Crippen molar-refractivity contribution in [2.75, 3.05) is 18.5 Å². The summed E-state index contributed by atoms with van der Waals surface area (Å²) in [7, 11) is 0. The lowest BCUT2D eigenvalue weighted by Gasteiger charge is -2.13. The number of nitrogens with one attached hydrogen (secondary N) is 1. The average molecular weight is 364 g/mol. The van der Waals surface area contributed by atoms with Gasteiger partial charge in [0, 0.05) is 11.9 Å². The standard InChI is InChI=1S/C18H24N2O4S/c1-3-5-8-24-15-7-6-13(9-16(15)23-4-2)11-19-18-20-14(12-25-18)10-17(21)22/h6-7,9,12H,3-5,8,10-11H2,1-2H3,(H,19,20)(H,21,22). The van der Waals surface area contributed by atoms with Crippen LogP contribution in [0.4, 0.5) is 5.13 Å². The molecule has 0 amide bonds. The SMILES string of the molecule is CCCCOc1ccc(CNc2nc(CC(=O)O)cs2)cc1OCC. The van der Waals surface area contributed by atoms with E-state index in [-0.39, 0.29) is 6.42 Å². The molecule has 6 nitrogen and oxygen atoms in total. The Morgan fingerprint density at radius 1 is 1.28 bits per heavy atom. The molecule has 1 heterocycles. The second-order valence-corrected chi connectivity index (χ2v) is 6.34. The molecule has 2 rings (SSSR count). The number of carboxylic acid groups (broad SMARTS) is 1. The molecule has 0 unspecified atom stereocenters. The van der Waals surface area contributed by atoms with Gasteiger partial charge in [0.25, 0.3) is 0 Å². The lowest BCUT2D eigenvalue weighted by atomic mass is 10.2. The van der Waals surface area contributed by atoms with Crippen molar-refractivity contribution in [1.29, 1.82) is 0 Å². The van der Waals surface area contributed by atoms with Crippen LogP contribution in [0.15, 0.2) is 23.6 Å². The van der Waals surface area contributed by atoms with Gasteiger partial charge in [-0.3, -0.25) is 4.79 Å². The lowest BCUT2D eigenvalue weighted by molar-refractivity contribution is -0.136. The largest absolute Gasteiger partial charge is 0.490 e. The highest BCUT2D eigenvalue weighted by Crippen LogP contribution is 2.29. The van der Waals surface area contributed by atoms with E-state index in [1.807, 2.05) is 25.1 Å². The fourth-order valence-corrected chi connectivity index (χ4v) is 2.89. The number of thiazole rings is 1. The number of anilines is 1. The van der Waals surface area contributed by atoms with Gasteiger partial charge in [-0.1, -0.05) is 19.4 Å². The van der Waals surface area contributed by atoms with Crippen molar-refractivity contribution >= 4 is 22.4 Å². The molecular formula is C18H24N2O4S. The number of unbranched alkanes of at least 4 members (excludes halogenated alkanes) is 1. The molecular weight excluding hydrogens is 340 g/mol. The van der Waals surface area contributed by atoms with Crippen molar-refractivity contribution in [3.63, 3.8) is 0 Å². The molecule has 0 aliphatic carbocycles. The molecule has 0 radical (unpaired) electrons. The number of carboxylic acids is 1. The van der Waals surface area contributed by atoms with E-state index in [9.17, 15) is 4.79 Å². The second kappa shape index (κ2) is 9.88. The molecule has 1 aromatic heterocycles. The van der Waals surface area contributed by atoms with Gasteiger partial charge in [-0.25, -0.2) is 4.98 Å². The van der Waals surface area contributed by atoms with E-state index in [1.165, 1.54) is 11.3 Å². The predicted octanol–water partition coefficient (Wildman–Crippen LogP) is 3.96. The first-order valence-electron chi connectivity index (χ1n) is 8.41. The maximum Gasteiger partial charge on any atom is 0.309 e. The molecule has 0 bridgehead atoms. The minimum absolute atomic E-state index is 0.0591. The predicted molar refractivity (Wildman–Crippen MR) is 98.8 cm³/mol. The first-order chi connectivity index (χ1) is 12.1. The minimum Gasteiger partial charge on any atom is -0.490 e. The number of carbonyl (C=O) groups is 1. The lowest BCUT2D eigenvalue weighted by Crippen LogP contribution is -2.04. The zero-order valence-electron chi connectivity index (χ0n) is 14.6. The highest BCUT2D eigenvalue weighted by Gasteiger charge is 2.09. The Labute approximate surface area is 151 Å². The Morgan fingerprint density at radius 2 is 2.12 bits per heavy atom. The summed E-state index contributed by atoms with van der Waals surface area (Å²) in [4.78, 5) is 15.0. The number of hydrogen-bond acceptors (Lipinski definition) is 6. The summed E-state index contributed by atoms with van der Waals surface area (Å²) < 4.78 is 11.5. The van der Waals surface area contributed by atoms with Crippen molar-refractivity contribution in [1.82, 2.24) is 4.98 Å². The summed E-state index contributed by atoms with van der Waals surface area (Å²) in [5, 5.41) is 14.5. The summed E-state index contributed by atoms with van der Waals surface area (Å²) in [6.07, 6.45) is 2.04.